The van der Waals surface area contributed by atoms with Gasteiger partial charge in [0.1, 0.15) is 11.4 Å². The van der Waals surface area contributed by atoms with Crippen molar-refractivity contribution in [3.05, 3.63) is 103 Å². The molecule has 5 rings (SSSR count). The van der Waals surface area contributed by atoms with Crippen LogP contribution in [-0.4, -0.2) is 14.8 Å². The number of fused-ring (bicyclic) bond motifs is 1. The Morgan fingerprint density at radius 1 is 0.697 bits per heavy atom. The van der Waals surface area contributed by atoms with E-state index in [1.165, 1.54) is 0 Å². The summed E-state index contributed by atoms with van der Waals surface area (Å²) < 4.78 is 37.8. The summed E-state index contributed by atoms with van der Waals surface area (Å²) in [4.78, 5) is 0. The first-order chi connectivity index (χ1) is 15.8. The molecule has 8 nitrogen and oxygen atoms in total. The van der Waals surface area contributed by atoms with Crippen LogP contribution in [0.25, 0.3) is 33.8 Å². The molecular formula is C24H19ClN4O4. The molecule has 0 atom stereocenters. The van der Waals surface area contributed by atoms with Crippen LogP contribution in [0.1, 0.15) is 5.69 Å². The Labute approximate surface area is 192 Å². The molecule has 9 heteroatoms. The number of aromatic nitrogens is 4. The van der Waals surface area contributed by atoms with Gasteiger partial charge in [-0.3, -0.25) is 0 Å². The van der Waals surface area contributed by atoms with Gasteiger partial charge in [-0.25, -0.2) is 18.6 Å². The van der Waals surface area contributed by atoms with Gasteiger partial charge in [0.25, 0.3) is 5.69 Å². The molecule has 0 saturated carbocycles. The van der Waals surface area contributed by atoms with E-state index in [1.807, 2.05) is 63.9 Å². The van der Waals surface area contributed by atoms with Gasteiger partial charge in [0, 0.05) is 21.3 Å². The Balaban J connectivity index is 0.000000471. The van der Waals surface area contributed by atoms with Crippen molar-refractivity contribution < 1.29 is 33.5 Å². The van der Waals surface area contributed by atoms with Gasteiger partial charge in [0.05, 0.1) is 5.10 Å². The van der Waals surface area contributed by atoms with Gasteiger partial charge in [-0.15, -0.1) is 10.2 Å². The summed E-state index contributed by atoms with van der Waals surface area (Å²) in [5.41, 5.74) is 7.08. The van der Waals surface area contributed by atoms with Gasteiger partial charge in [0.15, 0.2) is 0 Å². The van der Waals surface area contributed by atoms with Crippen LogP contribution < -0.4 is 23.3 Å². The maximum atomic E-state index is 8.49. The number of halogens is 1. The fourth-order valence-electron chi connectivity index (χ4n) is 3.47. The van der Waals surface area contributed by atoms with E-state index >= 15 is 0 Å². The average Bonchev–Trinajstić information content (AvgIpc) is 3.20. The SMILES string of the molecule is Cc1cc(-c2ccccc2)n[n+]2c(-c3ccccc3)c(-c3ccccc3)nn12.[O-][Cl+3]([O-])([O-])[O-]. The summed E-state index contributed by atoms with van der Waals surface area (Å²) in [6.45, 7) is 2.06. The molecule has 0 N–H and O–H groups in total. The highest BCUT2D eigenvalue weighted by Crippen LogP contribution is 2.28. The number of aryl methyl sites for hydroxylation is 1. The lowest BCUT2D eigenvalue weighted by Crippen LogP contribution is -2.68. The second-order valence-electron chi connectivity index (χ2n) is 7.12. The molecule has 3 aromatic carbocycles. The molecular weight excluding hydrogens is 444 g/mol. The van der Waals surface area contributed by atoms with Crippen molar-refractivity contribution in [2.45, 2.75) is 6.92 Å². The van der Waals surface area contributed by atoms with E-state index in [4.69, 9.17) is 28.8 Å². The maximum absolute atomic E-state index is 8.49. The molecule has 0 saturated heterocycles. The zero-order valence-corrected chi connectivity index (χ0v) is 18.3. The minimum Gasteiger partial charge on any atom is -0.222 e. The van der Waals surface area contributed by atoms with Crippen molar-refractivity contribution in [1.82, 2.24) is 14.8 Å². The summed E-state index contributed by atoms with van der Waals surface area (Å²) >= 11 is 0. The van der Waals surface area contributed by atoms with Crippen LogP contribution in [0.5, 0.6) is 0 Å². The summed E-state index contributed by atoms with van der Waals surface area (Å²) in [7, 11) is -4.94. The number of hydrogen-bond donors (Lipinski definition) is 0. The van der Waals surface area contributed by atoms with Crippen LogP contribution in [0, 0.1) is 17.2 Å². The van der Waals surface area contributed by atoms with Crippen LogP contribution in [0.15, 0.2) is 97.1 Å². The van der Waals surface area contributed by atoms with Crippen molar-refractivity contribution in [2.75, 3.05) is 0 Å². The first kappa shape index (κ1) is 22.5. The Morgan fingerprint density at radius 3 is 1.67 bits per heavy atom. The first-order valence-electron chi connectivity index (χ1n) is 9.92. The van der Waals surface area contributed by atoms with Gasteiger partial charge in [0.2, 0.25) is 5.69 Å². The fraction of sp³-hybridized carbons (Fsp3) is 0.0417. The second kappa shape index (κ2) is 9.45. The van der Waals surface area contributed by atoms with Gasteiger partial charge < -0.3 is 0 Å². The van der Waals surface area contributed by atoms with Crippen molar-refractivity contribution in [3.8, 4) is 33.8 Å². The van der Waals surface area contributed by atoms with Crippen LogP contribution in [0.3, 0.4) is 0 Å². The smallest absolute Gasteiger partial charge is 0.222 e. The molecule has 0 fully saturated rings. The number of rotatable bonds is 3. The lowest BCUT2D eigenvalue weighted by molar-refractivity contribution is -2.00. The molecule has 5 aromatic rings. The minimum absolute atomic E-state index is 0.914. The standard InChI is InChI=1S/C24H19N4.ClHO4/c1-18-17-22(19-11-5-2-6-12-19)25-28-24(21-15-9-4-10-16-21)23(26-27(18)28)20-13-7-3-8-14-20;2-1(3,4)5/h2-17H,1H3;(H,2,3,4,5)/q+1;/p-1. The molecule has 0 amide bonds. The minimum atomic E-state index is -4.94. The van der Waals surface area contributed by atoms with E-state index in [-0.39, 0.29) is 0 Å². The van der Waals surface area contributed by atoms with Gasteiger partial charge in [-0.2, -0.15) is 0 Å². The zero-order chi connectivity index (χ0) is 23.4. The third-order valence-electron chi connectivity index (χ3n) is 4.83. The van der Waals surface area contributed by atoms with Crippen molar-refractivity contribution in [2.24, 2.45) is 0 Å². The van der Waals surface area contributed by atoms with E-state index < -0.39 is 10.2 Å². The highest BCUT2D eigenvalue weighted by atomic mass is 35.7. The van der Waals surface area contributed by atoms with Crippen LogP contribution in [-0.2, 0) is 0 Å². The molecule has 0 aliphatic heterocycles. The molecule has 0 aliphatic carbocycles. The molecule has 0 spiro atoms. The molecule has 0 aliphatic rings. The normalized spacial score (nSPS) is 11.2. The molecule has 0 radical (unpaired) electrons. The van der Waals surface area contributed by atoms with Crippen molar-refractivity contribution in [1.29, 1.82) is 0 Å². The Bertz CT molecular complexity index is 1350. The van der Waals surface area contributed by atoms with Crippen molar-refractivity contribution >= 4 is 0 Å². The van der Waals surface area contributed by atoms with Gasteiger partial charge in [-0.05, 0) is 17.6 Å². The summed E-state index contributed by atoms with van der Waals surface area (Å²) in [5, 5.41) is 9.86. The average molecular weight is 463 g/mol. The summed E-state index contributed by atoms with van der Waals surface area (Å²) in [6.07, 6.45) is 0. The molecule has 2 heterocycles. The highest BCUT2D eigenvalue weighted by molar-refractivity contribution is 5.75. The zero-order valence-electron chi connectivity index (χ0n) is 17.5. The van der Waals surface area contributed by atoms with Crippen molar-refractivity contribution in [3.63, 3.8) is 0 Å². The van der Waals surface area contributed by atoms with Crippen LogP contribution in [0.4, 0.5) is 0 Å². The second-order valence-corrected chi connectivity index (χ2v) is 7.88. The van der Waals surface area contributed by atoms with Crippen LogP contribution in [0.2, 0.25) is 0 Å². The third kappa shape index (κ3) is 5.40. The van der Waals surface area contributed by atoms with E-state index in [0.717, 1.165) is 39.5 Å². The predicted molar refractivity (Wildman–Crippen MR) is 110 cm³/mol. The van der Waals surface area contributed by atoms with E-state index in [1.54, 1.807) is 0 Å². The Hall–Kier alpha value is -3.66. The van der Waals surface area contributed by atoms with E-state index in [9.17, 15) is 0 Å². The van der Waals surface area contributed by atoms with Gasteiger partial charge >= 0.3 is 0 Å². The number of hydrogen-bond acceptors (Lipinski definition) is 6. The van der Waals surface area contributed by atoms with Gasteiger partial charge in [-0.1, -0.05) is 96.1 Å². The Morgan fingerprint density at radius 2 is 1.15 bits per heavy atom. The third-order valence-corrected chi connectivity index (χ3v) is 4.83. The lowest BCUT2D eigenvalue weighted by atomic mass is 10.1. The van der Waals surface area contributed by atoms with E-state index in [0.29, 0.717) is 0 Å². The predicted octanol–water partition coefficient (Wildman–Crippen LogP) is -0.132. The monoisotopic (exact) mass is 462 g/mol. The highest BCUT2D eigenvalue weighted by Gasteiger charge is 2.28. The molecule has 33 heavy (non-hydrogen) atoms. The van der Waals surface area contributed by atoms with E-state index in [2.05, 4.69) is 49.4 Å². The largest absolute Gasteiger partial charge is 0.260 e. The maximum Gasteiger partial charge on any atom is 0.260 e. The summed E-state index contributed by atoms with van der Waals surface area (Å²) in [5.74, 6) is 0. The van der Waals surface area contributed by atoms with Crippen LogP contribution >= 0.6 is 0 Å². The quantitative estimate of drug-likeness (QED) is 0.344. The molecule has 0 unspecified atom stereocenters. The molecule has 166 valence electrons. The first-order valence-corrected chi connectivity index (χ1v) is 11.2. The topological polar surface area (TPSA) is 127 Å². The molecule has 2 aromatic heterocycles. The Kier molecular flexibility index (Phi) is 6.45. The number of nitrogens with zero attached hydrogens (tertiary/aromatic N) is 4. The number of benzene rings is 3. The molecule has 0 bridgehead atoms. The lowest BCUT2D eigenvalue weighted by Gasteiger charge is -2.17. The summed E-state index contributed by atoms with van der Waals surface area (Å²) in [6, 6.07) is 32.9. The fourth-order valence-corrected chi connectivity index (χ4v) is 3.47.